The lowest BCUT2D eigenvalue weighted by molar-refractivity contribution is -0.124. The zero-order valence-electron chi connectivity index (χ0n) is 26.0. The SMILES string of the molecule is COc1cc(C(=O)NS(=O)(=O)c2ccccc2C)ccc1Cc1[nH]c2cc(/C=C/C(=O)N(C)C)ccc2c1/C=C/C(=O)N(C)C. The van der Waals surface area contributed by atoms with Gasteiger partial charge in [0.25, 0.3) is 15.9 Å². The fraction of sp³-hybridized carbons (Fsp3) is 0.206. The normalized spacial score (nSPS) is 11.7. The topological polar surface area (TPSA) is 129 Å². The van der Waals surface area contributed by atoms with Crippen LogP contribution in [0, 0.1) is 6.92 Å². The Kier molecular flexibility index (Phi) is 9.93. The Morgan fingerprint density at radius 2 is 1.56 bits per heavy atom. The largest absolute Gasteiger partial charge is 0.496 e. The van der Waals surface area contributed by atoms with Crippen LogP contribution >= 0.6 is 0 Å². The third-order valence-corrected chi connectivity index (χ3v) is 8.65. The predicted octanol–water partition coefficient (Wildman–Crippen LogP) is 4.40. The first-order chi connectivity index (χ1) is 21.3. The molecule has 2 N–H and O–H groups in total. The number of fused-ring (bicyclic) bond motifs is 1. The summed E-state index contributed by atoms with van der Waals surface area (Å²) in [5, 5.41) is 0.875. The number of aromatic amines is 1. The van der Waals surface area contributed by atoms with Crippen molar-refractivity contribution in [2.24, 2.45) is 0 Å². The molecule has 0 atom stereocenters. The summed E-state index contributed by atoms with van der Waals surface area (Å²) in [4.78, 5) is 43.9. The van der Waals surface area contributed by atoms with Crippen molar-refractivity contribution in [3.05, 3.63) is 106 Å². The summed E-state index contributed by atoms with van der Waals surface area (Å²) in [6, 6.07) is 16.9. The van der Waals surface area contributed by atoms with Crippen molar-refractivity contribution in [1.29, 1.82) is 0 Å². The molecule has 0 bridgehead atoms. The van der Waals surface area contributed by atoms with Gasteiger partial charge in [0.05, 0.1) is 12.0 Å². The Balaban J connectivity index is 1.68. The molecule has 0 spiro atoms. The number of nitrogens with zero attached hydrogens (tertiary/aromatic N) is 2. The maximum absolute atomic E-state index is 13.0. The number of hydrogen-bond donors (Lipinski definition) is 2. The highest BCUT2D eigenvalue weighted by Gasteiger charge is 2.22. The van der Waals surface area contributed by atoms with Gasteiger partial charge in [0, 0.05) is 80.1 Å². The van der Waals surface area contributed by atoms with Gasteiger partial charge in [-0.15, -0.1) is 0 Å². The third kappa shape index (κ3) is 7.68. The Morgan fingerprint density at radius 3 is 2.20 bits per heavy atom. The summed E-state index contributed by atoms with van der Waals surface area (Å²) in [7, 11) is 4.10. The molecule has 0 fully saturated rings. The molecule has 45 heavy (non-hydrogen) atoms. The number of sulfonamides is 1. The van der Waals surface area contributed by atoms with Gasteiger partial charge < -0.3 is 19.5 Å². The zero-order valence-corrected chi connectivity index (χ0v) is 26.9. The van der Waals surface area contributed by atoms with E-state index in [9.17, 15) is 22.8 Å². The molecule has 234 valence electrons. The number of rotatable bonds is 10. The number of benzene rings is 3. The summed E-state index contributed by atoms with van der Waals surface area (Å²) in [6.45, 7) is 1.66. The maximum Gasteiger partial charge on any atom is 0.265 e. The number of ether oxygens (including phenoxy) is 1. The summed E-state index contributed by atoms with van der Waals surface area (Å²) in [6.07, 6.45) is 6.83. The average Bonchev–Trinajstić information content (AvgIpc) is 3.34. The molecule has 1 aromatic heterocycles. The number of likely N-dealkylation sites (N-methyl/N-ethyl adjacent to an activating group) is 2. The van der Waals surface area contributed by atoms with Crippen LogP contribution in [0.1, 0.15) is 38.3 Å². The van der Waals surface area contributed by atoms with E-state index in [0.29, 0.717) is 17.7 Å². The van der Waals surface area contributed by atoms with E-state index in [4.69, 9.17) is 4.74 Å². The number of amides is 3. The quantitative estimate of drug-likeness (QED) is 0.251. The Hall–Kier alpha value is -5.16. The van der Waals surface area contributed by atoms with Crippen LogP contribution in [0.5, 0.6) is 5.75 Å². The van der Waals surface area contributed by atoms with Crippen LogP contribution in [0.2, 0.25) is 0 Å². The lowest BCUT2D eigenvalue weighted by atomic mass is 10.0. The molecule has 0 aliphatic heterocycles. The van der Waals surface area contributed by atoms with Crippen LogP contribution < -0.4 is 9.46 Å². The molecule has 3 aromatic carbocycles. The van der Waals surface area contributed by atoms with E-state index >= 15 is 0 Å². The second-order valence-electron chi connectivity index (χ2n) is 10.9. The second kappa shape index (κ2) is 13.6. The molecule has 1 heterocycles. The van der Waals surface area contributed by atoms with Crippen molar-refractivity contribution in [3.8, 4) is 5.75 Å². The molecule has 0 saturated carbocycles. The van der Waals surface area contributed by atoms with Crippen molar-refractivity contribution >= 4 is 50.8 Å². The smallest absolute Gasteiger partial charge is 0.265 e. The number of carbonyl (C=O) groups excluding carboxylic acids is 3. The van der Waals surface area contributed by atoms with Crippen LogP contribution in [-0.2, 0) is 26.0 Å². The predicted molar refractivity (Wildman–Crippen MR) is 175 cm³/mol. The van der Waals surface area contributed by atoms with Gasteiger partial charge >= 0.3 is 0 Å². The van der Waals surface area contributed by atoms with E-state index in [2.05, 4.69) is 9.71 Å². The van der Waals surface area contributed by atoms with Crippen molar-refractivity contribution in [2.45, 2.75) is 18.2 Å². The van der Waals surface area contributed by atoms with Crippen molar-refractivity contribution < 1.29 is 27.5 Å². The van der Waals surface area contributed by atoms with Crippen molar-refractivity contribution in [2.75, 3.05) is 35.3 Å². The average molecular weight is 629 g/mol. The Morgan fingerprint density at radius 1 is 0.889 bits per heavy atom. The van der Waals surface area contributed by atoms with Crippen LogP contribution in [-0.4, -0.2) is 76.2 Å². The summed E-state index contributed by atoms with van der Waals surface area (Å²) >= 11 is 0. The van der Waals surface area contributed by atoms with Gasteiger partial charge in [-0.25, -0.2) is 13.1 Å². The highest BCUT2D eigenvalue weighted by atomic mass is 32.2. The first-order valence-corrected chi connectivity index (χ1v) is 15.5. The van der Waals surface area contributed by atoms with Gasteiger partial charge in [0.15, 0.2) is 0 Å². The molecule has 0 radical (unpaired) electrons. The molecular weight excluding hydrogens is 592 g/mol. The fourth-order valence-corrected chi connectivity index (χ4v) is 5.88. The van der Waals surface area contributed by atoms with E-state index in [1.54, 1.807) is 77.6 Å². The Labute approximate surface area is 263 Å². The van der Waals surface area contributed by atoms with E-state index in [1.807, 2.05) is 18.2 Å². The Bertz CT molecular complexity index is 1940. The molecule has 4 aromatic rings. The monoisotopic (exact) mass is 628 g/mol. The van der Waals surface area contributed by atoms with Crippen molar-refractivity contribution in [1.82, 2.24) is 19.5 Å². The van der Waals surface area contributed by atoms with Gasteiger partial charge in [-0.3, -0.25) is 14.4 Å². The van der Waals surface area contributed by atoms with Gasteiger partial charge in [0.1, 0.15) is 5.75 Å². The lowest BCUT2D eigenvalue weighted by Gasteiger charge is -2.12. The molecule has 0 aliphatic carbocycles. The molecule has 0 unspecified atom stereocenters. The molecule has 0 saturated heterocycles. The molecular formula is C34H36N4O6S. The standard InChI is InChI=1S/C34H36N4O6S/c1-22-9-7-8-10-31(22)45(42,43)36-34(41)25-14-13-24(30(21-25)44-6)20-29-27(16-18-33(40)38(4)5)26-15-11-23(19-28(26)35-29)12-17-32(39)37(2)3/h7-19,21,35H,20H2,1-6H3,(H,36,41)/b17-12+,18-16+. The minimum Gasteiger partial charge on any atom is -0.496 e. The number of carbonyl (C=O) groups is 3. The van der Waals surface area contributed by atoms with E-state index < -0.39 is 15.9 Å². The second-order valence-corrected chi connectivity index (χ2v) is 12.5. The highest BCUT2D eigenvalue weighted by molar-refractivity contribution is 7.90. The van der Waals surface area contributed by atoms with Gasteiger partial charge in [0.2, 0.25) is 11.8 Å². The number of aryl methyl sites for hydroxylation is 1. The summed E-state index contributed by atoms with van der Waals surface area (Å²) in [5.74, 6) is -0.705. The van der Waals surface area contributed by atoms with Gasteiger partial charge in [-0.2, -0.15) is 0 Å². The minimum atomic E-state index is -4.08. The molecule has 3 amide bonds. The molecule has 0 aliphatic rings. The van der Waals surface area contributed by atoms with Crippen molar-refractivity contribution in [3.63, 3.8) is 0 Å². The first kappa shape index (κ1) is 32.7. The highest BCUT2D eigenvalue weighted by Crippen LogP contribution is 2.30. The van der Waals surface area contributed by atoms with E-state index in [1.165, 1.54) is 41.2 Å². The number of H-pyrrole nitrogens is 1. The molecule has 10 nitrogen and oxygen atoms in total. The number of nitrogens with one attached hydrogen (secondary N) is 2. The van der Waals surface area contributed by atoms with Crippen LogP contribution in [0.4, 0.5) is 0 Å². The third-order valence-electron chi connectivity index (χ3n) is 7.16. The molecule has 4 rings (SSSR count). The number of methoxy groups -OCH3 is 1. The minimum absolute atomic E-state index is 0.0250. The summed E-state index contributed by atoms with van der Waals surface area (Å²) in [5.41, 5.74) is 4.57. The number of hydrogen-bond acceptors (Lipinski definition) is 6. The lowest BCUT2D eigenvalue weighted by Crippen LogP contribution is -2.31. The number of aromatic nitrogens is 1. The van der Waals surface area contributed by atoms with E-state index in [-0.39, 0.29) is 22.3 Å². The van der Waals surface area contributed by atoms with Gasteiger partial charge in [-0.05, 0) is 54.5 Å². The van der Waals surface area contributed by atoms with E-state index in [0.717, 1.165) is 33.3 Å². The fourth-order valence-electron chi connectivity index (χ4n) is 4.66. The van der Waals surface area contributed by atoms with Crippen LogP contribution in [0.25, 0.3) is 23.1 Å². The van der Waals surface area contributed by atoms with Crippen LogP contribution in [0.3, 0.4) is 0 Å². The van der Waals surface area contributed by atoms with Crippen LogP contribution in [0.15, 0.2) is 77.7 Å². The van der Waals surface area contributed by atoms with Gasteiger partial charge in [-0.1, -0.05) is 36.4 Å². The maximum atomic E-state index is 13.0. The molecule has 11 heteroatoms. The first-order valence-electron chi connectivity index (χ1n) is 14.0. The zero-order chi connectivity index (χ0) is 32.9. The summed E-state index contributed by atoms with van der Waals surface area (Å²) < 4.78 is 33.5.